The second-order valence-corrected chi connectivity index (χ2v) is 21.2. The van der Waals surface area contributed by atoms with Crippen LogP contribution in [0, 0.1) is 11.3 Å². The third-order valence-electron chi connectivity index (χ3n) is 6.28. The Hall–Kier alpha value is -0.216. The van der Waals surface area contributed by atoms with Gasteiger partial charge >= 0.3 is 5.97 Å². The summed E-state index contributed by atoms with van der Waals surface area (Å²) in [5, 5.41) is 10.2. The second-order valence-electron chi connectivity index (χ2n) is 10.6. The Morgan fingerprint density at radius 2 is 1.57 bits per heavy atom. The van der Waals surface area contributed by atoms with Crippen LogP contribution in [0.25, 0.3) is 0 Å². The summed E-state index contributed by atoms with van der Waals surface area (Å²) in [6.07, 6.45) is 0.502. The molecule has 0 aliphatic heterocycles. The zero-order valence-electron chi connectivity index (χ0n) is 19.2. The molecule has 0 radical (unpaired) electrons. The van der Waals surface area contributed by atoms with E-state index < -0.39 is 40.4 Å². The summed E-state index contributed by atoms with van der Waals surface area (Å²) in [4.78, 5) is 11.7. The molecule has 0 aromatic heterocycles. The maximum Gasteiger partial charge on any atom is 0.303 e. The van der Waals surface area contributed by atoms with E-state index in [0.717, 1.165) is 3.58 Å². The van der Waals surface area contributed by atoms with Crippen molar-refractivity contribution in [3.8, 4) is 6.07 Å². The molecule has 1 aliphatic rings. The number of carbonyl (C=O) groups excluding carboxylic acids is 1. The van der Waals surface area contributed by atoms with Crippen LogP contribution in [0.15, 0.2) is 9.66 Å². The van der Waals surface area contributed by atoms with E-state index in [9.17, 15) is 10.1 Å². The first kappa shape index (κ1) is 25.8. The molecule has 0 saturated heterocycles. The minimum atomic E-state index is -2.31. The van der Waals surface area contributed by atoms with Crippen LogP contribution in [0.4, 0.5) is 0 Å². The van der Waals surface area contributed by atoms with E-state index in [-0.39, 0.29) is 10.1 Å². The third kappa shape index (κ3) is 5.09. The smallest absolute Gasteiger partial charge is 0.303 e. The predicted molar refractivity (Wildman–Crippen MR) is 126 cm³/mol. The molecule has 0 spiro atoms. The molecule has 0 aromatic rings. The number of nitrogens with zero attached hydrogens (tertiary/aromatic N) is 1. The summed E-state index contributed by atoms with van der Waals surface area (Å²) in [6.45, 7) is 22.8. The van der Waals surface area contributed by atoms with Crippen molar-refractivity contribution in [2.45, 2.75) is 103 Å². The van der Waals surface area contributed by atoms with Gasteiger partial charge in [0.15, 0.2) is 22.7 Å². The molecule has 8 heteroatoms. The number of halogens is 1. The van der Waals surface area contributed by atoms with E-state index >= 15 is 0 Å². The lowest BCUT2D eigenvalue weighted by Crippen LogP contribution is -2.59. The predicted octanol–water partition coefficient (Wildman–Crippen LogP) is 5.93. The van der Waals surface area contributed by atoms with Gasteiger partial charge in [-0.3, -0.25) is 4.79 Å². The van der Waals surface area contributed by atoms with Gasteiger partial charge in [-0.2, -0.15) is 5.26 Å². The lowest BCUT2D eigenvalue weighted by molar-refractivity contribution is -0.150. The fourth-order valence-electron chi connectivity index (χ4n) is 2.46. The van der Waals surface area contributed by atoms with Gasteiger partial charge in [-0.05, 0) is 64.9 Å². The highest BCUT2D eigenvalue weighted by Crippen LogP contribution is 2.49. The molecule has 28 heavy (non-hydrogen) atoms. The zero-order valence-corrected chi connectivity index (χ0v) is 23.3. The standard InChI is InChI=1S/C20H36INO4Si2/c1-14(23)24-15-12-16(21)20(13-22,26-28(10,11)19(5,6)7)17(15)25-27(8,9)18(2,3)4/h12,15,17H,1-11H3/t15-,17+,20+/m1/s1. The van der Waals surface area contributed by atoms with Gasteiger partial charge in [0.05, 0.1) is 0 Å². The first-order valence-corrected chi connectivity index (χ1v) is 16.5. The number of nitriles is 1. The number of rotatable bonds is 5. The summed E-state index contributed by atoms with van der Waals surface area (Å²) in [5.41, 5.74) is -1.26. The zero-order chi connectivity index (χ0) is 22.3. The van der Waals surface area contributed by atoms with Gasteiger partial charge < -0.3 is 13.6 Å². The van der Waals surface area contributed by atoms with E-state index in [1.165, 1.54) is 6.92 Å². The number of carbonyl (C=O) groups is 1. The van der Waals surface area contributed by atoms with Crippen LogP contribution < -0.4 is 0 Å². The Morgan fingerprint density at radius 3 is 1.93 bits per heavy atom. The fraction of sp³-hybridized carbons (Fsp3) is 0.800. The molecule has 0 heterocycles. The lowest BCUT2D eigenvalue weighted by Gasteiger charge is -2.47. The summed E-state index contributed by atoms with van der Waals surface area (Å²) < 4.78 is 19.7. The van der Waals surface area contributed by atoms with Crippen molar-refractivity contribution in [3.05, 3.63) is 9.66 Å². The molecule has 3 atom stereocenters. The minimum Gasteiger partial charge on any atom is -0.455 e. The summed E-state index contributed by atoms with van der Waals surface area (Å²) in [5.74, 6) is -0.393. The van der Waals surface area contributed by atoms with Crippen molar-refractivity contribution >= 4 is 45.2 Å². The quantitative estimate of drug-likeness (QED) is 0.247. The van der Waals surface area contributed by atoms with Crippen LogP contribution in [0.1, 0.15) is 48.5 Å². The van der Waals surface area contributed by atoms with Crippen LogP contribution in [-0.2, 0) is 18.4 Å². The summed E-state index contributed by atoms with van der Waals surface area (Å²) in [7, 11) is -4.57. The number of esters is 1. The van der Waals surface area contributed by atoms with Crippen LogP contribution in [0.5, 0.6) is 0 Å². The Bertz CT molecular complexity index is 686. The van der Waals surface area contributed by atoms with Crippen molar-refractivity contribution in [2.75, 3.05) is 0 Å². The normalized spacial score (nSPS) is 26.6. The van der Waals surface area contributed by atoms with Crippen molar-refractivity contribution in [1.29, 1.82) is 5.26 Å². The molecule has 1 rings (SSSR count). The Kier molecular flexibility index (Phi) is 7.50. The average molecular weight is 538 g/mol. The first-order chi connectivity index (χ1) is 12.3. The lowest BCUT2D eigenvalue weighted by atomic mass is 10.0. The second kappa shape index (κ2) is 8.14. The van der Waals surface area contributed by atoms with Gasteiger partial charge in [0.25, 0.3) is 0 Å². The number of hydrogen-bond donors (Lipinski definition) is 0. The third-order valence-corrected chi connectivity index (χ3v) is 16.3. The molecule has 0 amide bonds. The van der Waals surface area contributed by atoms with Crippen molar-refractivity contribution in [3.63, 3.8) is 0 Å². The summed E-state index contributed by atoms with van der Waals surface area (Å²) >= 11 is 2.14. The van der Waals surface area contributed by atoms with E-state index in [2.05, 4.69) is 96.4 Å². The molecule has 1 aliphatic carbocycles. The highest BCUT2D eigenvalue weighted by atomic mass is 127. The highest BCUT2D eigenvalue weighted by molar-refractivity contribution is 14.1. The van der Waals surface area contributed by atoms with Gasteiger partial charge in [0.1, 0.15) is 12.2 Å². The maximum atomic E-state index is 11.7. The van der Waals surface area contributed by atoms with E-state index in [1.807, 2.05) is 6.08 Å². The topological polar surface area (TPSA) is 68.6 Å². The van der Waals surface area contributed by atoms with Gasteiger partial charge in [0.2, 0.25) is 5.60 Å². The highest BCUT2D eigenvalue weighted by Gasteiger charge is 2.59. The van der Waals surface area contributed by atoms with E-state index in [4.69, 9.17) is 13.6 Å². The molecular formula is C20H36INO4Si2. The number of ether oxygens (including phenoxy) is 1. The molecule has 0 aromatic carbocycles. The molecular weight excluding hydrogens is 501 g/mol. The molecule has 0 fully saturated rings. The monoisotopic (exact) mass is 537 g/mol. The van der Waals surface area contributed by atoms with Crippen molar-refractivity contribution < 1.29 is 18.4 Å². The Labute approximate surface area is 186 Å². The van der Waals surface area contributed by atoms with Gasteiger partial charge in [-0.1, -0.05) is 41.5 Å². The maximum absolute atomic E-state index is 11.7. The number of hydrogen-bond acceptors (Lipinski definition) is 5. The van der Waals surface area contributed by atoms with Gasteiger partial charge in [0, 0.05) is 10.5 Å². The minimum absolute atomic E-state index is 0.0556. The first-order valence-electron chi connectivity index (χ1n) is 9.65. The SMILES string of the molecule is CC(=O)O[C@@H]1C=C(I)[C@](C#N)(O[Si](C)(C)C(C)(C)C)[C@H]1O[Si](C)(C)C(C)(C)C. The van der Waals surface area contributed by atoms with Crippen LogP contribution in [-0.4, -0.2) is 40.4 Å². The Balaban J connectivity index is 3.51. The van der Waals surface area contributed by atoms with E-state index in [0.29, 0.717) is 0 Å². The van der Waals surface area contributed by atoms with Crippen LogP contribution in [0.3, 0.4) is 0 Å². The van der Waals surface area contributed by atoms with Crippen molar-refractivity contribution in [2.24, 2.45) is 0 Å². The largest absolute Gasteiger partial charge is 0.455 e. The van der Waals surface area contributed by atoms with Gasteiger partial charge in [-0.15, -0.1) is 0 Å². The summed E-state index contributed by atoms with van der Waals surface area (Å²) in [6, 6.07) is 2.43. The van der Waals surface area contributed by atoms with Crippen LogP contribution in [0.2, 0.25) is 36.3 Å². The molecule has 160 valence electrons. The van der Waals surface area contributed by atoms with E-state index in [1.54, 1.807) is 0 Å². The molecule has 0 unspecified atom stereocenters. The van der Waals surface area contributed by atoms with Gasteiger partial charge in [-0.25, -0.2) is 0 Å². The van der Waals surface area contributed by atoms with Crippen LogP contribution >= 0.6 is 22.6 Å². The molecule has 0 saturated carbocycles. The molecule has 0 bridgehead atoms. The fourth-order valence-corrected chi connectivity index (χ4v) is 6.23. The average Bonchev–Trinajstić information content (AvgIpc) is 2.68. The molecule has 5 nitrogen and oxygen atoms in total. The van der Waals surface area contributed by atoms with Crippen molar-refractivity contribution in [1.82, 2.24) is 0 Å². The molecule has 0 N–H and O–H groups in total. The Morgan fingerprint density at radius 1 is 1.11 bits per heavy atom.